The van der Waals surface area contributed by atoms with Gasteiger partial charge in [0, 0.05) is 45.1 Å². The Morgan fingerprint density at radius 3 is 2.69 bits per heavy atom. The molecule has 2 aromatic rings. The van der Waals surface area contributed by atoms with Crippen molar-refractivity contribution < 1.29 is 9.59 Å². The van der Waals surface area contributed by atoms with Crippen molar-refractivity contribution in [2.24, 2.45) is 5.92 Å². The number of hydrogen-bond donors (Lipinski definition) is 2. The minimum absolute atomic E-state index is 0.00770. The molecule has 0 bridgehead atoms. The third-order valence-corrected chi connectivity index (χ3v) is 5.24. The number of benzene rings is 2. The Kier molecular flexibility index (Phi) is 6.75. The van der Waals surface area contributed by atoms with E-state index in [2.05, 4.69) is 16.7 Å². The smallest absolute Gasteiger partial charge is 0.321 e. The van der Waals surface area contributed by atoms with Gasteiger partial charge in [0.1, 0.15) is 0 Å². The van der Waals surface area contributed by atoms with Crippen molar-refractivity contribution in [3.05, 3.63) is 59.7 Å². The van der Waals surface area contributed by atoms with Crippen LogP contribution in [0.5, 0.6) is 0 Å². The second-order valence-corrected chi connectivity index (χ2v) is 7.87. The van der Waals surface area contributed by atoms with Crippen LogP contribution in [0, 0.1) is 12.8 Å². The summed E-state index contributed by atoms with van der Waals surface area (Å²) in [4.78, 5) is 29.1. The van der Waals surface area contributed by atoms with Crippen molar-refractivity contribution in [2.75, 3.05) is 37.4 Å². The fourth-order valence-corrected chi connectivity index (χ4v) is 3.58. The SMILES string of the molecule is Cc1cccc(NC(=O)N2CCCC(C(=O)NCc3cccc(N(C)C)c3)C2)c1. The second-order valence-electron chi connectivity index (χ2n) is 7.87. The van der Waals surface area contributed by atoms with Gasteiger partial charge >= 0.3 is 6.03 Å². The molecule has 29 heavy (non-hydrogen) atoms. The van der Waals surface area contributed by atoms with Crippen LogP contribution in [-0.2, 0) is 11.3 Å². The molecule has 0 radical (unpaired) electrons. The second kappa shape index (κ2) is 9.45. The summed E-state index contributed by atoms with van der Waals surface area (Å²) in [5.74, 6) is -0.169. The molecular formula is C23H30N4O2. The summed E-state index contributed by atoms with van der Waals surface area (Å²) >= 11 is 0. The maximum absolute atomic E-state index is 12.7. The van der Waals surface area contributed by atoms with E-state index in [-0.39, 0.29) is 17.9 Å². The van der Waals surface area contributed by atoms with E-state index in [1.807, 2.05) is 68.4 Å². The van der Waals surface area contributed by atoms with Gasteiger partial charge in [-0.1, -0.05) is 24.3 Å². The van der Waals surface area contributed by atoms with Gasteiger partial charge in [0.2, 0.25) is 5.91 Å². The number of carbonyl (C=O) groups is 2. The molecule has 3 amide bonds. The molecule has 2 N–H and O–H groups in total. The van der Waals surface area contributed by atoms with Crippen LogP contribution in [0.3, 0.4) is 0 Å². The molecule has 154 valence electrons. The highest BCUT2D eigenvalue weighted by molar-refractivity contribution is 5.90. The molecule has 3 rings (SSSR count). The summed E-state index contributed by atoms with van der Waals surface area (Å²) in [6.07, 6.45) is 1.63. The molecule has 0 aliphatic carbocycles. The molecule has 1 aliphatic heterocycles. The molecule has 1 heterocycles. The zero-order valence-corrected chi connectivity index (χ0v) is 17.4. The highest BCUT2D eigenvalue weighted by Crippen LogP contribution is 2.19. The molecule has 1 saturated heterocycles. The van der Waals surface area contributed by atoms with Crippen LogP contribution in [0.1, 0.15) is 24.0 Å². The van der Waals surface area contributed by atoms with Crippen molar-refractivity contribution in [1.29, 1.82) is 0 Å². The Morgan fingerprint density at radius 2 is 1.93 bits per heavy atom. The van der Waals surface area contributed by atoms with E-state index in [0.29, 0.717) is 19.6 Å². The maximum Gasteiger partial charge on any atom is 0.321 e. The molecule has 0 spiro atoms. The lowest BCUT2D eigenvalue weighted by Gasteiger charge is -2.32. The van der Waals surface area contributed by atoms with Gasteiger partial charge in [-0.25, -0.2) is 4.79 Å². The first-order valence-electron chi connectivity index (χ1n) is 10.1. The summed E-state index contributed by atoms with van der Waals surface area (Å²) in [6.45, 7) is 3.60. The average molecular weight is 395 g/mol. The van der Waals surface area contributed by atoms with E-state index in [9.17, 15) is 9.59 Å². The molecule has 1 unspecified atom stereocenters. The Hall–Kier alpha value is -3.02. The number of likely N-dealkylation sites (tertiary alicyclic amines) is 1. The summed E-state index contributed by atoms with van der Waals surface area (Å²) in [7, 11) is 3.99. The summed E-state index contributed by atoms with van der Waals surface area (Å²) in [5.41, 5.74) is 4.04. The molecule has 6 nitrogen and oxygen atoms in total. The number of hydrogen-bond acceptors (Lipinski definition) is 3. The third kappa shape index (κ3) is 5.73. The number of nitrogens with one attached hydrogen (secondary N) is 2. The lowest BCUT2D eigenvalue weighted by molar-refractivity contribution is -0.126. The first-order chi connectivity index (χ1) is 13.9. The largest absolute Gasteiger partial charge is 0.378 e. The topological polar surface area (TPSA) is 64.7 Å². The number of nitrogens with zero attached hydrogens (tertiary/aromatic N) is 2. The van der Waals surface area contributed by atoms with Gasteiger partial charge in [-0.3, -0.25) is 4.79 Å². The van der Waals surface area contributed by atoms with Gasteiger partial charge in [-0.15, -0.1) is 0 Å². The Balaban J connectivity index is 1.53. The monoisotopic (exact) mass is 394 g/mol. The van der Waals surface area contributed by atoms with Gasteiger partial charge in [-0.05, 0) is 55.2 Å². The minimum atomic E-state index is -0.177. The van der Waals surface area contributed by atoms with Crippen molar-refractivity contribution in [2.45, 2.75) is 26.3 Å². The molecule has 1 aliphatic rings. The molecular weight excluding hydrogens is 364 g/mol. The van der Waals surface area contributed by atoms with E-state index < -0.39 is 0 Å². The van der Waals surface area contributed by atoms with Crippen LogP contribution < -0.4 is 15.5 Å². The first-order valence-corrected chi connectivity index (χ1v) is 10.1. The van der Waals surface area contributed by atoms with Crippen molar-refractivity contribution in [3.63, 3.8) is 0 Å². The fourth-order valence-electron chi connectivity index (χ4n) is 3.58. The molecule has 0 saturated carbocycles. The Labute approximate surface area is 172 Å². The first kappa shape index (κ1) is 20.7. The van der Waals surface area contributed by atoms with Gasteiger partial charge < -0.3 is 20.4 Å². The standard InChI is InChI=1S/C23H30N4O2/c1-17-7-4-10-20(13-17)25-23(29)27-12-6-9-19(16-27)22(28)24-15-18-8-5-11-21(14-18)26(2)3/h4-5,7-8,10-11,13-14,19H,6,9,12,15-16H2,1-3H3,(H,24,28)(H,25,29). The maximum atomic E-state index is 12.7. The minimum Gasteiger partial charge on any atom is -0.378 e. The Bertz CT molecular complexity index is 865. The van der Waals surface area contributed by atoms with E-state index >= 15 is 0 Å². The van der Waals surface area contributed by atoms with E-state index in [4.69, 9.17) is 0 Å². The summed E-state index contributed by atoms with van der Waals surface area (Å²) in [5, 5.41) is 5.97. The predicted octanol–water partition coefficient (Wildman–Crippen LogP) is 3.62. The number of carbonyl (C=O) groups excluding carboxylic acids is 2. The van der Waals surface area contributed by atoms with Crippen LogP contribution in [0.25, 0.3) is 0 Å². The van der Waals surface area contributed by atoms with E-state index in [0.717, 1.165) is 35.3 Å². The van der Waals surface area contributed by atoms with Gasteiger partial charge in [0.15, 0.2) is 0 Å². The van der Waals surface area contributed by atoms with Gasteiger partial charge in [-0.2, -0.15) is 0 Å². The van der Waals surface area contributed by atoms with Crippen LogP contribution in [-0.4, -0.2) is 44.0 Å². The molecule has 0 aromatic heterocycles. The number of aryl methyl sites for hydroxylation is 1. The number of urea groups is 1. The van der Waals surface area contributed by atoms with Crippen molar-refractivity contribution >= 4 is 23.3 Å². The van der Waals surface area contributed by atoms with Crippen LogP contribution >= 0.6 is 0 Å². The average Bonchev–Trinajstić information content (AvgIpc) is 2.72. The number of piperidine rings is 1. The molecule has 6 heteroatoms. The third-order valence-electron chi connectivity index (χ3n) is 5.24. The number of anilines is 2. The molecule has 2 aromatic carbocycles. The molecule has 1 atom stereocenters. The van der Waals surface area contributed by atoms with E-state index in [1.54, 1.807) is 4.90 Å². The lowest BCUT2D eigenvalue weighted by Crippen LogP contribution is -2.46. The zero-order valence-electron chi connectivity index (χ0n) is 17.4. The Morgan fingerprint density at radius 1 is 1.14 bits per heavy atom. The van der Waals surface area contributed by atoms with Crippen LogP contribution in [0.2, 0.25) is 0 Å². The lowest BCUT2D eigenvalue weighted by atomic mass is 9.97. The highest BCUT2D eigenvalue weighted by atomic mass is 16.2. The van der Waals surface area contributed by atoms with Crippen LogP contribution in [0.4, 0.5) is 16.2 Å². The quantitative estimate of drug-likeness (QED) is 0.814. The van der Waals surface area contributed by atoms with Gasteiger partial charge in [0.05, 0.1) is 5.92 Å². The normalized spacial score (nSPS) is 16.2. The molecule has 1 fully saturated rings. The highest BCUT2D eigenvalue weighted by Gasteiger charge is 2.28. The number of rotatable bonds is 5. The predicted molar refractivity (Wildman–Crippen MR) is 117 cm³/mol. The van der Waals surface area contributed by atoms with E-state index in [1.165, 1.54) is 0 Å². The zero-order chi connectivity index (χ0) is 20.8. The van der Waals surface area contributed by atoms with Crippen molar-refractivity contribution in [3.8, 4) is 0 Å². The number of amides is 3. The van der Waals surface area contributed by atoms with Crippen molar-refractivity contribution in [1.82, 2.24) is 10.2 Å². The fraction of sp³-hybridized carbons (Fsp3) is 0.391. The summed E-state index contributed by atoms with van der Waals surface area (Å²) < 4.78 is 0. The summed E-state index contributed by atoms with van der Waals surface area (Å²) in [6, 6.07) is 15.7. The van der Waals surface area contributed by atoms with Gasteiger partial charge in [0.25, 0.3) is 0 Å². The van der Waals surface area contributed by atoms with Crippen LogP contribution in [0.15, 0.2) is 48.5 Å².